The van der Waals surface area contributed by atoms with Crippen LogP contribution in [0, 0.1) is 11.6 Å². The molecule has 110 valence electrons. The fourth-order valence-electron chi connectivity index (χ4n) is 1.61. The predicted molar refractivity (Wildman–Crippen MR) is 75.5 cm³/mol. The summed E-state index contributed by atoms with van der Waals surface area (Å²) in [6.07, 6.45) is 3.04. The van der Waals surface area contributed by atoms with E-state index in [1.54, 1.807) is 12.4 Å². The second-order valence-electron chi connectivity index (χ2n) is 4.17. The molecule has 1 aromatic heterocycles. The Labute approximate surface area is 128 Å². The van der Waals surface area contributed by atoms with Gasteiger partial charge in [-0.3, -0.25) is 4.98 Å². The van der Waals surface area contributed by atoms with Gasteiger partial charge in [-0.25, -0.2) is 13.6 Å². The number of hydrogen-bond donors (Lipinski definition) is 1. The van der Waals surface area contributed by atoms with E-state index in [9.17, 15) is 13.6 Å². The van der Waals surface area contributed by atoms with Gasteiger partial charge in [-0.15, -0.1) is 0 Å². The van der Waals surface area contributed by atoms with Gasteiger partial charge in [-0.2, -0.15) is 0 Å². The zero-order valence-corrected chi connectivity index (χ0v) is 12.3. The number of cyclic esters (lactones) is 1. The van der Waals surface area contributed by atoms with Crippen LogP contribution in [0.2, 0.25) is 0 Å². The third-order valence-electron chi connectivity index (χ3n) is 2.61. The lowest BCUT2D eigenvalue weighted by molar-refractivity contribution is 0.177. The second kappa shape index (κ2) is 7.12. The number of halogens is 3. The molecule has 2 heterocycles. The van der Waals surface area contributed by atoms with Crippen LogP contribution in [0.15, 0.2) is 47.2 Å². The van der Waals surface area contributed by atoms with Crippen molar-refractivity contribution in [2.75, 3.05) is 6.61 Å². The molecule has 1 atom stereocenters. The first-order valence-corrected chi connectivity index (χ1v) is 6.78. The Morgan fingerprint density at radius 3 is 2.29 bits per heavy atom. The Bertz CT molecular complexity index is 602. The number of rotatable bonds is 1. The van der Waals surface area contributed by atoms with Crippen LogP contribution in [0.3, 0.4) is 0 Å². The summed E-state index contributed by atoms with van der Waals surface area (Å²) in [7, 11) is 0. The van der Waals surface area contributed by atoms with Crippen molar-refractivity contribution in [3.8, 4) is 0 Å². The minimum atomic E-state index is -0.411. The molecule has 7 heteroatoms. The van der Waals surface area contributed by atoms with Crippen LogP contribution in [0.25, 0.3) is 0 Å². The van der Waals surface area contributed by atoms with Gasteiger partial charge >= 0.3 is 6.09 Å². The van der Waals surface area contributed by atoms with Gasteiger partial charge in [0.05, 0.1) is 6.04 Å². The number of aromatic nitrogens is 1. The van der Waals surface area contributed by atoms with Gasteiger partial charge in [0.25, 0.3) is 0 Å². The molecule has 4 nitrogen and oxygen atoms in total. The van der Waals surface area contributed by atoms with E-state index in [-0.39, 0.29) is 12.1 Å². The van der Waals surface area contributed by atoms with Crippen LogP contribution in [-0.2, 0) is 4.74 Å². The highest BCUT2D eigenvalue weighted by Crippen LogP contribution is 2.19. The second-order valence-corrected chi connectivity index (χ2v) is 5.08. The van der Waals surface area contributed by atoms with E-state index in [2.05, 4.69) is 26.2 Å². The molecule has 21 heavy (non-hydrogen) atoms. The van der Waals surface area contributed by atoms with E-state index in [0.29, 0.717) is 6.61 Å². The first kappa shape index (κ1) is 15.4. The van der Waals surface area contributed by atoms with Crippen LogP contribution in [-0.4, -0.2) is 17.7 Å². The van der Waals surface area contributed by atoms with E-state index >= 15 is 0 Å². The number of carbonyl (C=O) groups is 1. The molecule has 1 unspecified atom stereocenters. The zero-order valence-electron chi connectivity index (χ0n) is 10.7. The number of amides is 1. The maximum Gasteiger partial charge on any atom is 0.407 e. The summed E-state index contributed by atoms with van der Waals surface area (Å²) in [4.78, 5) is 14.7. The normalized spacial score (nSPS) is 16.5. The van der Waals surface area contributed by atoms with Crippen molar-refractivity contribution < 1.29 is 18.3 Å². The van der Waals surface area contributed by atoms with E-state index < -0.39 is 11.6 Å². The largest absolute Gasteiger partial charge is 0.447 e. The van der Waals surface area contributed by atoms with E-state index in [1.165, 1.54) is 0 Å². The lowest BCUT2D eigenvalue weighted by Crippen LogP contribution is -2.18. The smallest absolute Gasteiger partial charge is 0.407 e. The summed E-state index contributed by atoms with van der Waals surface area (Å²) in [6.45, 7) is 0.372. The number of alkyl carbamates (subject to hydrolysis) is 1. The minimum Gasteiger partial charge on any atom is -0.447 e. The van der Waals surface area contributed by atoms with Crippen LogP contribution >= 0.6 is 15.9 Å². The Morgan fingerprint density at radius 1 is 1.19 bits per heavy atom. The highest BCUT2D eigenvalue weighted by Gasteiger charge is 2.23. The topological polar surface area (TPSA) is 51.2 Å². The van der Waals surface area contributed by atoms with Crippen molar-refractivity contribution in [2.24, 2.45) is 0 Å². The number of nitrogens with one attached hydrogen (secondary N) is 1. The molecule has 1 fully saturated rings. The quantitative estimate of drug-likeness (QED) is 0.849. The molecule has 0 saturated carbocycles. The van der Waals surface area contributed by atoms with Gasteiger partial charge in [0, 0.05) is 16.9 Å². The van der Waals surface area contributed by atoms with Crippen LogP contribution in [0.1, 0.15) is 11.6 Å². The molecule has 0 spiro atoms. The van der Waals surface area contributed by atoms with Crippen molar-refractivity contribution >= 4 is 22.0 Å². The van der Waals surface area contributed by atoms with E-state index in [0.717, 1.165) is 34.3 Å². The molecule has 1 amide bonds. The molecule has 1 N–H and O–H groups in total. The number of benzene rings is 1. The van der Waals surface area contributed by atoms with Gasteiger partial charge in [0.15, 0.2) is 0 Å². The number of hydrogen-bond acceptors (Lipinski definition) is 3. The maximum absolute atomic E-state index is 11.9. The first-order chi connectivity index (χ1) is 10.0. The highest BCUT2D eigenvalue weighted by atomic mass is 79.9. The fraction of sp³-hybridized carbons (Fsp3) is 0.143. The molecule has 0 aliphatic carbocycles. The minimum absolute atomic E-state index is 0.0718. The maximum atomic E-state index is 11.9. The Balaban J connectivity index is 0.000000173. The molecule has 2 aromatic rings. The van der Waals surface area contributed by atoms with Crippen molar-refractivity contribution in [1.29, 1.82) is 0 Å². The number of pyridine rings is 1. The molecule has 1 aliphatic heterocycles. The van der Waals surface area contributed by atoms with Gasteiger partial charge in [0.2, 0.25) is 0 Å². The number of nitrogens with zero attached hydrogens (tertiary/aromatic N) is 1. The Hall–Kier alpha value is -2.02. The molecule has 3 rings (SSSR count). The molecule has 0 bridgehead atoms. The summed E-state index contributed by atoms with van der Waals surface area (Å²) in [5.74, 6) is -0.821. The van der Waals surface area contributed by atoms with Crippen LogP contribution in [0.4, 0.5) is 13.6 Å². The standard InChI is InChI=1S/C8H7BrN2O2.C6H4F2/c9-6-1-5(2-10-3-6)7-4-13-8(12)11-7;7-5-1-2-6(8)4-3-5/h1-3,7H,4H2,(H,11,12);1-4H. The summed E-state index contributed by atoms with van der Waals surface area (Å²) in [5.41, 5.74) is 0.945. The van der Waals surface area contributed by atoms with Gasteiger partial charge in [-0.05, 0) is 51.8 Å². The summed E-state index contributed by atoms with van der Waals surface area (Å²) in [6, 6.07) is 6.15. The summed E-state index contributed by atoms with van der Waals surface area (Å²) < 4.78 is 29.5. The Morgan fingerprint density at radius 2 is 1.81 bits per heavy atom. The fourth-order valence-corrected chi connectivity index (χ4v) is 2.00. The van der Waals surface area contributed by atoms with Crippen molar-refractivity contribution in [1.82, 2.24) is 10.3 Å². The third-order valence-corrected chi connectivity index (χ3v) is 3.04. The molecule has 0 radical (unpaired) electrons. The molecular formula is C14H11BrF2N2O2. The van der Waals surface area contributed by atoms with Crippen LogP contribution in [0.5, 0.6) is 0 Å². The van der Waals surface area contributed by atoms with E-state index in [4.69, 9.17) is 4.74 Å². The van der Waals surface area contributed by atoms with Crippen molar-refractivity contribution in [2.45, 2.75) is 6.04 Å². The lowest BCUT2D eigenvalue weighted by Gasteiger charge is -2.06. The summed E-state index contributed by atoms with van der Waals surface area (Å²) in [5, 5.41) is 2.68. The SMILES string of the molecule is Fc1ccc(F)cc1.O=C1NC(c2cncc(Br)c2)CO1. The average molecular weight is 357 g/mol. The summed E-state index contributed by atoms with van der Waals surface area (Å²) >= 11 is 3.31. The van der Waals surface area contributed by atoms with E-state index in [1.807, 2.05) is 6.07 Å². The van der Waals surface area contributed by atoms with Gasteiger partial charge < -0.3 is 10.1 Å². The van der Waals surface area contributed by atoms with Crippen LogP contribution < -0.4 is 5.32 Å². The van der Waals surface area contributed by atoms with Crippen molar-refractivity contribution in [3.05, 3.63) is 64.4 Å². The van der Waals surface area contributed by atoms with Crippen molar-refractivity contribution in [3.63, 3.8) is 0 Å². The molecular weight excluding hydrogens is 346 g/mol. The Kier molecular flexibility index (Phi) is 5.21. The lowest BCUT2D eigenvalue weighted by atomic mass is 10.1. The first-order valence-electron chi connectivity index (χ1n) is 5.99. The third kappa shape index (κ3) is 4.78. The molecule has 1 aromatic carbocycles. The molecule has 1 saturated heterocycles. The molecule has 1 aliphatic rings. The highest BCUT2D eigenvalue weighted by molar-refractivity contribution is 9.10. The number of carbonyl (C=O) groups excluding carboxylic acids is 1. The number of ether oxygens (including phenoxy) is 1. The predicted octanol–water partition coefficient (Wildman–Crippen LogP) is 3.59. The monoisotopic (exact) mass is 356 g/mol. The van der Waals surface area contributed by atoms with Gasteiger partial charge in [-0.1, -0.05) is 0 Å². The van der Waals surface area contributed by atoms with Gasteiger partial charge in [0.1, 0.15) is 18.2 Å². The average Bonchev–Trinajstić information content (AvgIpc) is 2.90. The zero-order chi connectivity index (χ0) is 15.2.